The van der Waals surface area contributed by atoms with Crippen molar-refractivity contribution in [3.05, 3.63) is 48.4 Å². The van der Waals surface area contributed by atoms with Crippen LogP contribution in [0.5, 0.6) is 11.6 Å². The Balaban J connectivity index is 1.46. The lowest BCUT2D eigenvalue weighted by Gasteiger charge is -2.39. The molecule has 0 N–H and O–H groups in total. The quantitative estimate of drug-likeness (QED) is 0.832. The Bertz CT molecular complexity index is 697. The summed E-state index contributed by atoms with van der Waals surface area (Å²) >= 11 is 0. The molecule has 0 bridgehead atoms. The van der Waals surface area contributed by atoms with Crippen molar-refractivity contribution in [3.8, 4) is 11.6 Å². The fourth-order valence-electron chi connectivity index (χ4n) is 3.85. The zero-order valence-electron chi connectivity index (χ0n) is 14.4. The fourth-order valence-corrected chi connectivity index (χ4v) is 3.85. The Labute approximate surface area is 147 Å². The summed E-state index contributed by atoms with van der Waals surface area (Å²) in [5.41, 5.74) is 1.11. The van der Waals surface area contributed by atoms with Gasteiger partial charge in [-0.1, -0.05) is 6.07 Å². The minimum Gasteiger partial charge on any atom is -0.486 e. The second-order valence-corrected chi connectivity index (χ2v) is 6.47. The van der Waals surface area contributed by atoms with Crippen LogP contribution in [-0.4, -0.2) is 53.4 Å². The van der Waals surface area contributed by atoms with Crippen molar-refractivity contribution in [2.24, 2.45) is 0 Å². The molecule has 0 radical (unpaired) electrons. The predicted octanol–water partition coefficient (Wildman–Crippen LogP) is 2.30. The zero-order chi connectivity index (χ0) is 17.1. The fraction of sp³-hybridized carbons (Fsp3) is 0.474. The molecule has 1 aliphatic heterocycles. The first-order valence-electron chi connectivity index (χ1n) is 8.75. The summed E-state index contributed by atoms with van der Waals surface area (Å²) < 4.78 is 17.6. The summed E-state index contributed by atoms with van der Waals surface area (Å²) in [5, 5.41) is 0. The van der Waals surface area contributed by atoms with E-state index in [0.29, 0.717) is 11.9 Å². The van der Waals surface area contributed by atoms with Gasteiger partial charge in [-0.2, -0.15) is 0 Å². The van der Waals surface area contributed by atoms with E-state index in [1.807, 2.05) is 18.2 Å². The summed E-state index contributed by atoms with van der Waals surface area (Å²) in [5.74, 6) is 1.51. The smallest absolute Gasteiger partial charge is 0.217 e. The van der Waals surface area contributed by atoms with Gasteiger partial charge in [0.15, 0.2) is 0 Å². The van der Waals surface area contributed by atoms with Gasteiger partial charge in [0.1, 0.15) is 18.0 Å². The third-order valence-corrected chi connectivity index (χ3v) is 4.99. The second kappa shape index (κ2) is 7.37. The molecule has 132 valence electrons. The number of hydrogen-bond acceptors (Lipinski definition) is 6. The molecule has 0 unspecified atom stereocenters. The Morgan fingerprint density at radius 1 is 1.24 bits per heavy atom. The van der Waals surface area contributed by atoms with Crippen LogP contribution in [0.2, 0.25) is 0 Å². The third kappa shape index (κ3) is 3.45. The van der Waals surface area contributed by atoms with Crippen LogP contribution in [0, 0.1) is 0 Å². The molecule has 1 aliphatic carbocycles. The Morgan fingerprint density at radius 3 is 3.00 bits per heavy atom. The maximum absolute atomic E-state index is 6.14. The third-order valence-electron chi connectivity index (χ3n) is 4.99. The van der Waals surface area contributed by atoms with Crippen molar-refractivity contribution in [2.45, 2.75) is 37.6 Å². The maximum atomic E-state index is 6.14. The molecule has 2 aliphatic rings. The highest BCUT2D eigenvalue weighted by Gasteiger charge is 2.44. The first-order valence-corrected chi connectivity index (χ1v) is 8.75. The van der Waals surface area contributed by atoms with E-state index in [-0.39, 0.29) is 12.2 Å². The van der Waals surface area contributed by atoms with Crippen LogP contribution in [0.25, 0.3) is 0 Å². The molecule has 2 fully saturated rings. The van der Waals surface area contributed by atoms with Gasteiger partial charge in [0, 0.05) is 37.1 Å². The van der Waals surface area contributed by atoms with Gasteiger partial charge in [-0.05, 0) is 31.0 Å². The van der Waals surface area contributed by atoms with Crippen LogP contribution < -0.4 is 9.47 Å². The zero-order valence-corrected chi connectivity index (χ0v) is 14.4. The molecule has 6 heteroatoms. The van der Waals surface area contributed by atoms with E-state index in [1.54, 1.807) is 25.7 Å². The lowest BCUT2D eigenvalue weighted by molar-refractivity contribution is -0.0917. The maximum Gasteiger partial charge on any atom is 0.217 e. The molecular weight excluding hydrogens is 318 g/mol. The highest BCUT2D eigenvalue weighted by atomic mass is 16.5. The van der Waals surface area contributed by atoms with Crippen molar-refractivity contribution in [1.29, 1.82) is 0 Å². The predicted molar refractivity (Wildman–Crippen MR) is 92.6 cm³/mol. The van der Waals surface area contributed by atoms with Crippen molar-refractivity contribution in [2.75, 3.05) is 20.3 Å². The summed E-state index contributed by atoms with van der Waals surface area (Å²) in [4.78, 5) is 10.9. The van der Waals surface area contributed by atoms with Gasteiger partial charge in [-0.15, -0.1) is 0 Å². The van der Waals surface area contributed by atoms with E-state index in [1.165, 1.54) is 0 Å². The molecule has 6 nitrogen and oxygen atoms in total. The number of nitrogens with zero attached hydrogens (tertiary/aromatic N) is 3. The number of hydrogen-bond donors (Lipinski definition) is 0. The lowest BCUT2D eigenvalue weighted by atomic mass is 10.1. The first-order chi connectivity index (χ1) is 12.3. The minimum atomic E-state index is 0.0767. The summed E-state index contributed by atoms with van der Waals surface area (Å²) in [6.45, 7) is 2.45. The Morgan fingerprint density at radius 2 is 2.16 bits per heavy atom. The van der Waals surface area contributed by atoms with Gasteiger partial charge in [0.2, 0.25) is 5.88 Å². The van der Waals surface area contributed by atoms with Crippen molar-refractivity contribution in [1.82, 2.24) is 14.9 Å². The van der Waals surface area contributed by atoms with E-state index in [2.05, 4.69) is 20.9 Å². The van der Waals surface area contributed by atoms with Gasteiger partial charge < -0.3 is 14.2 Å². The van der Waals surface area contributed by atoms with E-state index < -0.39 is 0 Å². The standard InChI is InChI=1S/C19H23N3O3/c1-23-19-14(4-2-9-21-19)13-22-10-11-24-18-16(22)6-7-17(18)25-15-5-3-8-20-12-15/h2-5,8-9,12,16-18H,6-7,10-11,13H2,1H3/t16-,17+,18+/m0/s1. The SMILES string of the molecule is COc1ncccc1CN1CCO[C@H]2[C@H](Oc3cccnc3)CC[C@@H]21. The normalized spacial score (nSPS) is 26.2. The van der Waals surface area contributed by atoms with Gasteiger partial charge in [-0.25, -0.2) is 4.98 Å². The number of pyridine rings is 2. The van der Waals surface area contributed by atoms with Crippen molar-refractivity contribution >= 4 is 0 Å². The average Bonchev–Trinajstić information content (AvgIpc) is 3.07. The first kappa shape index (κ1) is 16.3. The second-order valence-electron chi connectivity index (χ2n) is 6.47. The van der Waals surface area contributed by atoms with Crippen LogP contribution in [0.15, 0.2) is 42.9 Å². The number of rotatable bonds is 5. The van der Waals surface area contributed by atoms with Crippen LogP contribution in [0.1, 0.15) is 18.4 Å². The topological polar surface area (TPSA) is 56.7 Å². The van der Waals surface area contributed by atoms with Crippen LogP contribution in [-0.2, 0) is 11.3 Å². The van der Waals surface area contributed by atoms with E-state index in [4.69, 9.17) is 14.2 Å². The summed E-state index contributed by atoms with van der Waals surface area (Å²) in [6.07, 6.45) is 7.50. The number of aromatic nitrogens is 2. The van der Waals surface area contributed by atoms with Crippen LogP contribution in [0.4, 0.5) is 0 Å². The van der Waals surface area contributed by atoms with Crippen LogP contribution in [0.3, 0.4) is 0 Å². The molecule has 1 saturated carbocycles. The van der Waals surface area contributed by atoms with E-state index in [0.717, 1.165) is 43.9 Å². The highest BCUT2D eigenvalue weighted by Crippen LogP contribution is 2.34. The molecule has 0 aromatic carbocycles. The molecule has 3 heterocycles. The molecule has 4 rings (SSSR count). The Kier molecular flexibility index (Phi) is 4.81. The van der Waals surface area contributed by atoms with Gasteiger partial charge in [0.25, 0.3) is 0 Å². The summed E-state index contributed by atoms with van der Waals surface area (Å²) in [6, 6.07) is 8.24. The minimum absolute atomic E-state index is 0.0767. The average molecular weight is 341 g/mol. The number of morpholine rings is 1. The number of fused-ring (bicyclic) bond motifs is 1. The van der Waals surface area contributed by atoms with Gasteiger partial charge in [-0.3, -0.25) is 9.88 Å². The molecule has 2 aromatic heterocycles. The summed E-state index contributed by atoms with van der Waals surface area (Å²) in [7, 11) is 1.67. The van der Waals surface area contributed by atoms with Crippen LogP contribution >= 0.6 is 0 Å². The molecular formula is C19H23N3O3. The highest BCUT2D eigenvalue weighted by molar-refractivity contribution is 5.25. The molecule has 0 spiro atoms. The number of ether oxygens (including phenoxy) is 3. The monoisotopic (exact) mass is 341 g/mol. The largest absolute Gasteiger partial charge is 0.486 e. The molecule has 0 amide bonds. The van der Waals surface area contributed by atoms with Crippen molar-refractivity contribution < 1.29 is 14.2 Å². The molecule has 3 atom stereocenters. The van der Waals surface area contributed by atoms with Gasteiger partial charge in [0.05, 0.1) is 19.9 Å². The van der Waals surface area contributed by atoms with E-state index >= 15 is 0 Å². The van der Waals surface area contributed by atoms with Gasteiger partial charge >= 0.3 is 0 Å². The molecule has 1 saturated heterocycles. The molecule has 25 heavy (non-hydrogen) atoms. The lowest BCUT2D eigenvalue weighted by Crippen LogP contribution is -2.51. The van der Waals surface area contributed by atoms with Crippen molar-refractivity contribution in [3.63, 3.8) is 0 Å². The number of methoxy groups -OCH3 is 1. The van der Waals surface area contributed by atoms with E-state index in [9.17, 15) is 0 Å². The molecule has 2 aromatic rings. The Hall–Kier alpha value is -2.18.